The van der Waals surface area contributed by atoms with Gasteiger partial charge in [0.25, 0.3) is 5.91 Å². The molecule has 152 valence electrons. The molecule has 0 radical (unpaired) electrons. The first kappa shape index (κ1) is 19.6. The smallest absolute Gasteiger partial charge is 0.274 e. The van der Waals surface area contributed by atoms with Gasteiger partial charge in [-0.1, -0.05) is 30.3 Å². The molecule has 0 bridgehead atoms. The Morgan fingerprint density at radius 3 is 2.50 bits per heavy atom. The van der Waals surface area contributed by atoms with Crippen molar-refractivity contribution >= 4 is 11.6 Å². The van der Waals surface area contributed by atoms with Gasteiger partial charge >= 0.3 is 0 Å². The van der Waals surface area contributed by atoms with Crippen molar-refractivity contribution in [3.8, 4) is 17.0 Å². The van der Waals surface area contributed by atoms with Gasteiger partial charge in [-0.05, 0) is 49.7 Å². The minimum Gasteiger partial charge on any atom is -0.494 e. The van der Waals surface area contributed by atoms with E-state index < -0.39 is 0 Å². The fraction of sp³-hybridized carbons (Fsp3) is 0.208. The minimum absolute atomic E-state index is 0.133. The Morgan fingerprint density at radius 1 is 1.07 bits per heavy atom. The monoisotopic (exact) mass is 400 g/mol. The molecule has 6 heteroatoms. The number of nitrogens with zero attached hydrogens (tertiary/aromatic N) is 4. The van der Waals surface area contributed by atoms with Gasteiger partial charge in [0.1, 0.15) is 5.75 Å². The van der Waals surface area contributed by atoms with E-state index in [9.17, 15) is 4.79 Å². The van der Waals surface area contributed by atoms with Crippen LogP contribution in [0, 0.1) is 6.92 Å². The highest BCUT2D eigenvalue weighted by Gasteiger charge is 2.18. The largest absolute Gasteiger partial charge is 0.494 e. The van der Waals surface area contributed by atoms with Crippen molar-refractivity contribution in [2.24, 2.45) is 0 Å². The molecule has 1 amide bonds. The van der Waals surface area contributed by atoms with Gasteiger partial charge in [0.2, 0.25) is 0 Å². The SMILES string of the molecule is CCOc1ccc(-c2cc(C)n3nc(C(=O)N(C)Cc4ccccc4)cc3n2)cc1. The predicted octanol–water partition coefficient (Wildman–Crippen LogP) is 4.38. The number of carbonyl (C=O) groups is 1. The summed E-state index contributed by atoms with van der Waals surface area (Å²) in [4.78, 5) is 19.3. The van der Waals surface area contributed by atoms with Crippen LogP contribution in [-0.2, 0) is 6.54 Å². The van der Waals surface area contributed by atoms with E-state index in [1.807, 2.05) is 74.5 Å². The molecule has 0 saturated carbocycles. The van der Waals surface area contributed by atoms with Crippen LogP contribution in [0.3, 0.4) is 0 Å². The molecule has 0 aliphatic carbocycles. The maximum atomic E-state index is 12.9. The van der Waals surface area contributed by atoms with Crippen molar-refractivity contribution < 1.29 is 9.53 Å². The molecule has 0 atom stereocenters. The fourth-order valence-electron chi connectivity index (χ4n) is 3.39. The number of ether oxygens (including phenoxy) is 1. The summed E-state index contributed by atoms with van der Waals surface area (Å²) in [5.74, 6) is 0.698. The number of carbonyl (C=O) groups excluding carboxylic acids is 1. The second-order valence-electron chi connectivity index (χ2n) is 7.19. The first-order chi connectivity index (χ1) is 14.5. The Kier molecular flexibility index (Phi) is 5.48. The van der Waals surface area contributed by atoms with Crippen LogP contribution in [0.4, 0.5) is 0 Å². The maximum absolute atomic E-state index is 12.9. The van der Waals surface area contributed by atoms with Crippen LogP contribution in [-0.4, -0.2) is 39.1 Å². The molecule has 0 saturated heterocycles. The van der Waals surface area contributed by atoms with E-state index in [4.69, 9.17) is 9.72 Å². The normalized spacial score (nSPS) is 10.9. The van der Waals surface area contributed by atoms with E-state index in [0.29, 0.717) is 24.5 Å². The Labute approximate surface area is 175 Å². The maximum Gasteiger partial charge on any atom is 0.274 e. The van der Waals surface area contributed by atoms with Gasteiger partial charge in [-0.2, -0.15) is 5.10 Å². The molecular formula is C24H24N4O2. The van der Waals surface area contributed by atoms with Gasteiger partial charge in [-0.15, -0.1) is 0 Å². The third-order valence-corrected chi connectivity index (χ3v) is 4.89. The molecule has 2 aromatic carbocycles. The lowest BCUT2D eigenvalue weighted by Gasteiger charge is -2.15. The highest BCUT2D eigenvalue weighted by atomic mass is 16.5. The van der Waals surface area contributed by atoms with Crippen molar-refractivity contribution in [1.29, 1.82) is 0 Å². The van der Waals surface area contributed by atoms with Crippen LogP contribution in [0.25, 0.3) is 16.9 Å². The lowest BCUT2D eigenvalue weighted by atomic mass is 10.1. The average molecular weight is 400 g/mol. The molecule has 0 N–H and O–H groups in total. The Morgan fingerprint density at radius 2 is 1.80 bits per heavy atom. The van der Waals surface area contributed by atoms with E-state index >= 15 is 0 Å². The molecule has 0 spiro atoms. The lowest BCUT2D eigenvalue weighted by Crippen LogP contribution is -2.26. The number of aromatic nitrogens is 3. The predicted molar refractivity (Wildman–Crippen MR) is 117 cm³/mol. The van der Waals surface area contributed by atoms with Gasteiger partial charge in [-0.25, -0.2) is 9.50 Å². The molecule has 4 aromatic rings. The van der Waals surface area contributed by atoms with Crippen LogP contribution >= 0.6 is 0 Å². The summed E-state index contributed by atoms with van der Waals surface area (Å²) in [5.41, 5.74) is 4.83. The molecule has 0 fully saturated rings. The van der Waals surface area contributed by atoms with E-state index in [1.54, 1.807) is 22.5 Å². The number of rotatable bonds is 6. The fourth-order valence-corrected chi connectivity index (χ4v) is 3.39. The number of amides is 1. The molecule has 6 nitrogen and oxygen atoms in total. The van der Waals surface area contributed by atoms with E-state index in [2.05, 4.69) is 5.10 Å². The van der Waals surface area contributed by atoms with Gasteiger partial charge in [0.15, 0.2) is 11.3 Å². The van der Waals surface area contributed by atoms with Crippen LogP contribution in [0.1, 0.15) is 28.7 Å². The second-order valence-corrected chi connectivity index (χ2v) is 7.19. The van der Waals surface area contributed by atoms with Gasteiger partial charge in [-0.3, -0.25) is 4.79 Å². The summed E-state index contributed by atoms with van der Waals surface area (Å²) in [6.07, 6.45) is 0. The number of benzene rings is 2. The van der Waals surface area contributed by atoms with Crippen molar-refractivity contribution in [3.05, 3.63) is 83.7 Å². The van der Waals surface area contributed by atoms with Gasteiger partial charge in [0, 0.05) is 30.9 Å². The summed E-state index contributed by atoms with van der Waals surface area (Å²) in [7, 11) is 1.78. The van der Waals surface area contributed by atoms with Crippen molar-refractivity contribution in [1.82, 2.24) is 19.5 Å². The van der Waals surface area contributed by atoms with E-state index in [-0.39, 0.29) is 5.91 Å². The van der Waals surface area contributed by atoms with Crippen LogP contribution in [0.15, 0.2) is 66.7 Å². The minimum atomic E-state index is -0.133. The number of hydrogen-bond acceptors (Lipinski definition) is 4. The lowest BCUT2D eigenvalue weighted by molar-refractivity contribution is 0.0779. The Balaban J connectivity index is 1.60. The zero-order valence-electron chi connectivity index (χ0n) is 17.4. The zero-order chi connectivity index (χ0) is 21.1. The highest BCUT2D eigenvalue weighted by Crippen LogP contribution is 2.23. The van der Waals surface area contributed by atoms with Crippen LogP contribution in [0.2, 0.25) is 0 Å². The third-order valence-electron chi connectivity index (χ3n) is 4.89. The van der Waals surface area contributed by atoms with Crippen molar-refractivity contribution in [3.63, 3.8) is 0 Å². The van der Waals surface area contributed by atoms with Gasteiger partial charge in [0.05, 0.1) is 12.3 Å². The third kappa shape index (κ3) is 4.03. The summed E-state index contributed by atoms with van der Waals surface area (Å²) in [5, 5.41) is 4.49. The molecule has 30 heavy (non-hydrogen) atoms. The summed E-state index contributed by atoms with van der Waals surface area (Å²) in [6, 6.07) is 21.5. The molecular weight excluding hydrogens is 376 g/mol. The highest BCUT2D eigenvalue weighted by molar-refractivity contribution is 5.93. The molecule has 2 aromatic heterocycles. The standard InChI is InChI=1S/C24H24N4O2/c1-4-30-20-12-10-19(11-13-20)21-14-17(2)28-23(25-21)15-22(26-28)24(29)27(3)16-18-8-6-5-7-9-18/h5-15H,4,16H2,1-3H3. The second kappa shape index (κ2) is 8.37. The summed E-state index contributed by atoms with van der Waals surface area (Å²) < 4.78 is 7.22. The molecule has 2 heterocycles. The zero-order valence-corrected chi connectivity index (χ0v) is 17.4. The van der Waals surface area contributed by atoms with Crippen LogP contribution < -0.4 is 4.74 Å². The van der Waals surface area contributed by atoms with Gasteiger partial charge < -0.3 is 9.64 Å². The number of aryl methyl sites for hydroxylation is 1. The Hall–Kier alpha value is -3.67. The Bertz CT molecular complexity index is 1170. The average Bonchev–Trinajstić information content (AvgIpc) is 3.19. The summed E-state index contributed by atoms with van der Waals surface area (Å²) >= 11 is 0. The first-order valence-electron chi connectivity index (χ1n) is 9.95. The van der Waals surface area contributed by atoms with Crippen molar-refractivity contribution in [2.75, 3.05) is 13.7 Å². The quantitative estimate of drug-likeness (QED) is 0.482. The number of hydrogen-bond donors (Lipinski definition) is 0. The summed E-state index contributed by atoms with van der Waals surface area (Å²) in [6.45, 7) is 5.08. The number of fused-ring (bicyclic) bond motifs is 1. The topological polar surface area (TPSA) is 59.7 Å². The van der Waals surface area contributed by atoms with Crippen molar-refractivity contribution in [2.45, 2.75) is 20.4 Å². The molecule has 0 aliphatic heterocycles. The molecule has 4 rings (SSSR count). The van der Waals surface area contributed by atoms with E-state index in [1.165, 1.54) is 0 Å². The molecule has 0 unspecified atom stereocenters. The van der Waals surface area contributed by atoms with Crippen LogP contribution in [0.5, 0.6) is 5.75 Å². The molecule has 0 aliphatic rings. The van der Waals surface area contributed by atoms with E-state index in [0.717, 1.165) is 28.3 Å². The first-order valence-corrected chi connectivity index (χ1v) is 9.95.